The molecule has 0 heterocycles. The zero-order valence-corrected chi connectivity index (χ0v) is 7.50. The Morgan fingerprint density at radius 2 is 1.90 bits per heavy atom. The molecule has 0 aromatic heterocycles. The van der Waals surface area contributed by atoms with Crippen molar-refractivity contribution < 1.29 is 0 Å². The lowest BCUT2D eigenvalue weighted by molar-refractivity contribution is 0.476. The number of hydrogen-bond acceptors (Lipinski definition) is 1. The van der Waals surface area contributed by atoms with E-state index in [1.54, 1.807) is 6.92 Å². The molecule has 0 saturated heterocycles. The molecular weight excluding hydrogens is 146 g/mol. The van der Waals surface area contributed by atoms with Crippen molar-refractivity contribution in [3.8, 4) is 12.3 Å². The highest BCUT2D eigenvalue weighted by molar-refractivity contribution is 6.23. The second kappa shape index (κ2) is 2.82. The summed E-state index contributed by atoms with van der Waals surface area (Å²) >= 11 is 5.92. The summed E-state index contributed by atoms with van der Waals surface area (Å²) in [7, 11) is 0. The summed E-state index contributed by atoms with van der Waals surface area (Å²) in [6.45, 7) is 5.60. The maximum Gasteiger partial charge on any atom is 0.0761 e. The Balaban J connectivity index is 4.05. The van der Waals surface area contributed by atoms with Crippen molar-refractivity contribution in [2.75, 3.05) is 0 Å². The summed E-state index contributed by atoms with van der Waals surface area (Å²) < 4.78 is 0. The molecule has 0 aliphatic heterocycles. The average molecular weight is 160 g/mol. The Morgan fingerprint density at radius 3 is 2.00 bits per heavy atom. The number of nitrogens with two attached hydrogens (primary N) is 1. The quantitative estimate of drug-likeness (QED) is 0.482. The van der Waals surface area contributed by atoms with E-state index in [4.69, 9.17) is 23.8 Å². The van der Waals surface area contributed by atoms with E-state index in [-0.39, 0.29) is 4.87 Å². The van der Waals surface area contributed by atoms with Crippen LogP contribution in [0.2, 0.25) is 0 Å². The van der Waals surface area contributed by atoms with E-state index in [0.29, 0.717) is 6.42 Å². The molecule has 0 radical (unpaired) electrons. The van der Waals surface area contributed by atoms with Gasteiger partial charge >= 0.3 is 0 Å². The van der Waals surface area contributed by atoms with Gasteiger partial charge in [-0.25, -0.2) is 0 Å². The molecule has 0 spiro atoms. The van der Waals surface area contributed by atoms with E-state index >= 15 is 0 Å². The van der Waals surface area contributed by atoms with Crippen LogP contribution in [0.4, 0.5) is 0 Å². The number of rotatable bonds is 2. The highest BCUT2D eigenvalue weighted by atomic mass is 35.5. The lowest BCUT2D eigenvalue weighted by Gasteiger charge is -2.25. The summed E-state index contributed by atoms with van der Waals surface area (Å²) in [5, 5.41) is 0. The fraction of sp³-hybridized carbons (Fsp3) is 0.750. The topological polar surface area (TPSA) is 26.0 Å². The molecular formula is C8H14ClN. The molecule has 1 atom stereocenters. The predicted molar refractivity (Wildman–Crippen MR) is 46.0 cm³/mol. The smallest absolute Gasteiger partial charge is 0.0761 e. The van der Waals surface area contributed by atoms with Gasteiger partial charge in [-0.15, -0.1) is 18.0 Å². The Bertz CT molecular complexity index is 148. The highest BCUT2D eigenvalue weighted by Gasteiger charge is 2.25. The Kier molecular flexibility index (Phi) is 2.76. The molecule has 0 aliphatic carbocycles. The molecule has 0 amide bonds. The molecule has 1 unspecified atom stereocenters. The second-order valence-electron chi connectivity index (χ2n) is 3.46. The van der Waals surface area contributed by atoms with Crippen molar-refractivity contribution in [2.45, 2.75) is 37.6 Å². The zero-order valence-electron chi connectivity index (χ0n) is 6.74. The minimum Gasteiger partial charge on any atom is -0.315 e. The summed E-state index contributed by atoms with van der Waals surface area (Å²) in [5.41, 5.74) is 5.10. The highest BCUT2D eigenvalue weighted by Crippen LogP contribution is 2.23. The van der Waals surface area contributed by atoms with Crippen molar-refractivity contribution in [3.05, 3.63) is 0 Å². The van der Waals surface area contributed by atoms with Crippen LogP contribution in [0.15, 0.2) is 0 Å². The fourth-order valence-corrected chi connectivity index (χ4v) is 1.20. The van der Waals surface area contributed by atoms with Gasteiger partial charge < -0.3 is 5.73 Å². The number of hydrogen-bond donors (Lipinski definition) is 1. The minimum atomic E-state index is -0.578. The van der Waals surface area contributed by atoms with E-state index in [0.717, 1.165) is 0 Å². The molecule has 0 aliphatic rings. The van der Waals surface area contributed by atoms with E-state index in [1.807, 2.05) is 13.8 Å². The number of terminal acetylenes is 1. The van der Waals surface area contributed by atoms with Gasteiger partial charge in [0.15, 0.2) is 0 Å². The molecule has 0 rings (SSSR count). The van der Waals surface area contributed by atoms with Crippen molar-refractivity contribution in [1.82, 2.24) is 0 Å². The van der Waals surface area contributed by atoms with Crippen LogP contribution in [-0.4, -0.2) is 10.4 Å². The minimum absolute atomic E-state index is 0.310. The molecule has 0 saturated carbocycles. The second-order valence-corrected chi connectivity index (χ2v) is 4.48. The first-order valence-electron chi connectivity index (χ1n) is 3.22. The summed E-state index contributed by atoms with van der Waals surface area (Å²) in [5.74, 6) is 2.49. The van der Waals surface area contributed by atoms with E-state index in [2.05, 4.69) is 5.92 Å². The van der Waals surface area contributed by atoms with Gasteiger partial charge in [-0.05, 0) is 27.2 Å². The molecule has 0 aromatic rings. The van der Waals surface area contributed by atoms with Gasteiger partial charge in [-0.3, -0.25) is 0 Å². The molecule has 2 heteroatoms. The Morgan fingerprint density at radius 1 is 1.50 bits per heavy atom. The predicted octanol–water partition coefficient (Wildman–Crippen LogP) is 1.74. The normalized spacial score (nSPS) is 17.6. The van der Waals surface area contributed by atoms with Gasteiger partial charge in [-0.2, -0.15) is 0 Å². The summed E-state index contributed by atoms with van der Waals surface area (Å²) in [6.07, 6.45) is 5.80. The Labute approximate surface area is 67.9 Å². The van der Waals surface area contributed by atoms with E-state index in [1.165, 1.54) is 0 Å². The third kappa shape index (κ3) is 4.67. The van der Waals surface area contributed by atoms with Crippen LogP contribution >= 0.6 is 11.6 Å². The van der Waals surface area contributed by atoms with Gasteiger partial charge in [-0.1, -0.05) is 5.92 Å². The van der Waals surface area contributed by atoms with Crippen LogP contribution in [0.25, 0.3) is 0 Å². The molecule has 58 valence electrons. The van der Waals surface area contributed by atoms with Crippen LogP contribution in [0.1, 0.15) is 27.2 Å². The first kappa shape index (κ1) is 9.81. The van der Waals surface area contributed by atoms with Crippen molar-refractivity contribution in [1.29, 1.82) is 0 Å². The van der Waals surface area contributed by atoms with Crippen LogP contribution in [0.3, 0.4) is 0 Å². The number of halogens is 1. The Hall–Kier alpha value is -0.190. The van der Waals surface area contributed by atoms with Crippen molar-refractivity contribution >= 4 is 11.6 Å². The largest absolute Gasteiger partial charge is 0.315 e. The molecule has 1 nitrogen and oxygen atoms in total. The van der Waals surface area contributed by atoms with Crippen molar-refractivity contribution in [2.24, 2.45) is 5.73 Å². The van der Waals surface area contributed by atoms with Crippen LogP contribution in [-0.2, 0) is 0 Å². The lowest BCUT2D eigenvalue weighted by atomic mass is 9.92. The fourth-order valence-electron chi connectivity index (χ4n) is 0.924. The monoisotopic (exact) mass is 159 g/mol. The molecule has 2 N–H and O–H groups in total. The summed E-state index contributed by atoms with van der Waals surface area (Å²) in [6, 6.07) is 0. The standard InChI is InChI=1S/C8H14ClN/c1-5-8(4,10)6-7(2,3)9/h1H,6,10H2,2-4H3. The molecule has 0 bridgehead atoms. The third-order valence-corrected chi connectivity index (χ3v) is 1.25. The van der Waals surface area contributed by atoms with Crippen LogP contribution in [0, 0.1) is 12.3 Å². The molecule has 10 heavy (non-hydrogen) atoms. The molecule has 0 aromatic carbocycles. The first-order valence-corrected chi connectivity index (χ1v) is 3.60. The van der Waals surface area contributed by atoms with Crippen LogP contribution in [0.5, 0.6) is 0 Å². The first-order chi connectivity index (χ1) is 4.27. The van der Waals surface area contributed by atoms with Gasteiger partial charge in [0.05, 0.1) is 5.54 Å². The maximum absolute atomic E-state index is 5.92. The van der Waals surface area contributed by atoms with Crippen molar-refractivity contribution in [3.63, 3.8) is 0 Å². The maximum atomic E-state index is 5.92. The SMILES string of the molecule is C#CC(C)(N)CC(C)(C)Cl. The lowest BCUT2D eigenvalue weighted by Crippen LogP contribution is -2.39. The third-order valence-electron chi connectivity index (χ3n) is 1.12. The average Bonchev–Trinajstić information content (AvgIpc) is 1.60. The number of alkyl halides is 1. The van der Waals surface area contributed by atoms with E-state index < -0.39 is 5.54 Å². The van der Waals surface area contributed by atoms with E-state index in [9.17, 15) is 0 Å². The zero-order chi connectivity index (χ0) is 8.41. The van der Waals surface area contributed by atoms with Gasteiger partial charge in [0, 0.05) is 4.87 Å². The van der Waals surface area contributed by atoms with Gasteiger partial charge in [0.2, 0.25) is 0 Å². The van der Waals surface area contributed by atoms with Gasteiger partial charge in [0.25, 0.3) is 0 Å². The van der Waals surface area contributed by atoms with Crippen LogP contribution < -0.4 is 5.73 Å². The van der Waals surface area contributed by atoms with Gasteiger partial charge in [0.1, 0.15) is 0 Å². The molecule has 0 fully saturated rings. The summed E-state index contributed by atoms with van der Waals surface area (Å²) in [4.78, 5) is -0.310.